The molecule has 0 radical (unpaired) electrons. The van der Waals surface area contributed by atoms with E-state index >= 15 is 0 Å². The van der Waals surface area contributed by atoms with Crippen LogP contribution in [-0.2, 0) is 4.74 Å². The summed E-state index contributed by atoms with van der Waals surface area (Å²) >= 11 is 0. The summed E-state index contributed by atoms with van der Waals surface area (Å²) in [6, 6.07) is 7.61. The van der Waals surface area contributed by atoms with Gasteiger partial charge in [0.25, 0.3) is 0 Å². The van der Waals surface area contributed by atoms with Crippen LogP contribution in [0.2, 0.25) is 0 Å². The summed E-state index contributed by atoms with van der Waals surface area (Å²) in [6.45, 7) is 5.00. The van der Waals surface area contributed by atoms with Crippen LogP contribution in [0.3, 0.4) is 0 Å². The lowest BCUT2D eigenvalue weighted by Gasteiger charge is -2.61. The van der Waals surface area contributed by atoms with Crippen molar-refractivity contribution in [2.24, 2.45) is 5.41 Å². The number of hydrogen-bond donors (Lipinski definition) is 1. The van der Waals surface area contributed by atoms with E-state index < -0.39 is 0 Å². The van der Waals surface area contributed by atoms with Crippen molar-refractivity contribution in [1.82, 2.24) is 5.32 Å². The molecule has 0 bridgehead atoms. The monoisotopic (exact) mass is 277 g/mol. The van der Waals surface area contributed by atoms with E-state index in [2.05, 4.69) is 19.2 Å². The SMILES string of the molecule is CCOC1CC(N[C@H](C)c2cccc(F)c2)C12CCC2. The molecule has 2 nitrogen and oxygen atoms in total. The maximum Gasteiger partial charge on any atom is 0.123 e. The Morgan fingerprint density at radius 2 is 2.25 bits per heavy atom. The Kier molecular flexibility index (Phi) is 3.83. The first-order valence-electron chi connectivity index (χ1n) is 7.79. The molecule has 0 heterocycles. The lowest BCUT2D eigenvalue weighted by molar-refractivity contribution is -0.174. The highest BCUT2D eigenvalue weighted by Crippen LogP contribution is 2.57. The highest BCUT2D eigenvalue weighted by molar-refractivity contribution is 5.21. The van der Waals surface area contributed by atoms with E-state index in [-0.39, 0.29) is 11.9 Å². The minimum absolute atomic E-state index is 0.157. The molecule has 2 aliphatic rings. The molecule has 2 fully saturated rings. The molecule has 3 atom stereocenters. The van der Waals surface area contributed by atoms with Crippen LogP contribution >= 0.6 is 0 Å². The van der Waals surface area contributed by atoms with Crippen LogP contribution < -0.4 is 5.32 Å². The maximum absolute atomic E-state index is 13.3. The van der Waals surface area contributed by atoms with Gasteiger partial charge >= 0.3 is 0 Å². The van der Waals surface area contributed by atoms with Gasteiger partial charge < -0.3 is 10.1 Å². The third-order valence-electron chi connectivity index (χ3n) is 5.24. The fourth-order valence-electron chi connectivity index (χ4n) is 3.85. The summed E-state index contributed by atoms with van der Waals surface area (Å²) in [7, 11) is 0. The molecule has 2 aliphatic carbocycles. The third-order valence-corrected chi connectivity index (χ3v) is 5.24. The van der Waals surface area contributed by atoms with Crippen molar-refractivity contribution in [1.29, 1.82) is 0 Å². The first-order chi connectivity index (χ1) is 9.65. The topological polar surface area (TPSA) is 21.3 Å². The molecule has 3 heteroatoms. The van der Waals surface area contributed by atoms with Gasteiger partial charge in [-0.05, 0) is 50.8 Å². The summed E-state index contributed by atoms with van der Waals surface area (Å²) in [5.74, 6) is -0.157. The van der Waals surface area contributed by atoms with E-state index in [9.17, 15) is 4.39 Å². The largest absolute Gasteiger partial charge is 0.378 e. The normalized spacial score (nSPS) is 28.8. The average Bonchev–Trinajstić information content (AvgIpc) is 2.35. The fourth-order valence-corrected chi connectivity index (χ4v) is 3.85. The molecule has 2 unspecified atom stereocenters. The smallest absolute Gasteiger partial charge is 0.123 e. The van der Waals surface area contributed by atoms with Gasteiger partial charge in [0.05, 0.1) is 6.10 Å². The molecule has 1 aromatic carbocycles. The van der Waals surface area contributed by atoms with Crippen LogP contribution in [0.15, 0.2) is 24.3 Å². The van der Waals surface area contributed by atoms with Gasteiger partial charge in [0, 0.05) is 24.1 Å². The molecule has 20 heavy (non-hydrogen) atoms. The summed E-state index contributed by atoms with van der Waals surface area (Å²) in [4.78, 5) is 0. The van der Waals surface area contributed by atoms with Crippen LogP contribution in [-0.4, -0.2) is 18.8 Å². The van der Waals surface area contributed by atoms with E-state index in [0.29, 0.717) is 17.6 Å². The minimum Gasteiger partial charge on any atom is -0.378 e. The third kappa shape index (κ3) is 2.27. The second kappa shape index (κ2) is 5.45. The van der Waals surface area contributed by atoms with Crippen molar-refractivity contribution < 1.29 is 9.13 Å². The van der Waals surface area contributed by atoms with Crippen molar-refractivity contribution in [2.75, 3.05) is 6.61 Å². The number of nitrogens with one attached hydrogen (secondary N) is 1. The predicted octanol–water partition coefficient (Wildman–Crippen LogP) is 3.82. The number of hydrogen-bond acceptors (Lipinski definition) is 2. The molecule has 3 rings (SSSR count). The summed E-state index contributed by atoms with van der Waals surface area (Å²) in [6.07, 6.45) is 5.37. The molecule has 0 saturated heterocycles. The molecular weight excluding hydrogens is 253 g/mol. The Hall–Kier alpha value is -0.930. The molecule has 1 spiro atoms. The number of ether oxygens (including phenoxy) is 1. The summed E-state index contributed by atoms with van der Waals surface area (Å²) in [5.41, 5.74) is 1.39. The van der Waals surface area contributed by atoms with Gasteiger partial charge in [-0.25, -0.2) is 4.39 Å². The van der Waals surface area contributed by atoms with E-state index in [1.54, 1.807) is 12.1 Å². The molecule has 110 valence electrons. The summed E-state index contributed by atoms with van der Waals surface area (Å²) < 4.78 is 19.2. The molecule has 0 amide bonds. The molecule has 1 aromatic rings. The second-order valence-corrected chi connectivity index (χ2v) is 6.26. The van der Waals surface area contributed by atoms with Gasteiger partial charge in [-0.3, -0.25) is 0 Å². The van der Waals surface area contributed by atoms with Crippen molar-refractivity contribution in [3.8, 4) is 0 Å². The van der Waals surface area contributed by atoms with Gasteiger partial charge in [0.2, 0.25) is 0 Å². The Labute approximate surface area is 120 Å². The maximum atomic E-state index is 13.3. The van der Waals surface area contributed by atoms with Gasteiger partial charge in [-0.15, -0.1) is 0 Å². The highest BCUT2D eigenvalue weighted by Gasteiger charge is 2.58. The fraction of sp³-hybridized carbons (Fsp3) is 0.647. The zero-order chi connectivity index (χ0) is 14.2. The first-order valence-corrected chi connectivity index (χ1v) is 7.79. The average molecular weight is 277 g/mol. The van der Waals surface area contributed by atoms with Crippen molar-refractivity contribution >= 4 is 0 Å². The van der Waals surface area contributed by atoms with Gasteiger partial charge in [0.15, 0.2) is 0 Å². The Morgan fingerprint density at radius 1 is 1.45 bits per heavy atom. The Bertz CT molecular complexity index is 472. The van der Waals surface area contributed by atoms with Crippen molar-refractivity contribution in [3.05, 3.63) is 35.6 Å². The van der Waals surface area contributed by atoms with Crippen LogP contribution in [0.1, 0.15) is 51.1 Å². The molecule has 1 N–H and O–H groups in total. The van der Waals surface area contributed by atoms with Gasteiger partial charge in [0.1, 0.15) is 5.82 Å². The number of halogens is 1. The Balaban J connectivity index is 1.64. The second-order valence-electron chi connectivity index (χ2n) is 6.26. The van der Waals surface area contributed by atoms with Crippen LogP contribution in [0.4, 0.5) is 4.39 Å². The lowest BCUT2D eigenvalue weighted by Crippen LogP contribution is -2.67. The lowest BCUT2D eigenvalue weighted by atomic mass is 9.51. The van der Waals surface area contributed by atoms with Gasteiger partial charge in [-0.2, -0.15) is 0 Å². The van der Waals surface area contributed by atoms with E-state index in [1.807, 2.05) is 6.07 Å². The van der Waals surface area contributed by atoms with Crippen molar-refractivity contribution in [2.45, 2.75) is 57.7 Å². The Morgan fingerprint density at radius 3 is 2.85 bits per heavy atom. The summed E-state index contributed by atoms with van der Waals surface area (Å²) in [5, 5.41) is 3.69. The quantitative estimate of drug-likeness (QED) is 0.883. The number of rotatable bonds is 5. The molecular formula is C17H24FNO. The van der Waals surface area contributed by atoms with E-state index in [1.165, 1.54) is 25.3 Å². The van der Waals surface area contributed by atoms with Crippen LogP contribution in [0.25, 0.3) is 0 Å². The zero-order valence-corrected chi connectivity index (χ0v) is 12.4. The van der Waals surface area contributed by atoms with Crippen LogP contribution in [0, 0.1) is 11.2 Å². The number of benzene rings is 1. The van der Waals surface area contributed by atoms with E-state index in [0.717, 1.165) is 18.6 Å². The zero-order valence-electron chi connectivity index (χ0n) is 12.4. The molecule has 0 aliphatic heterocycles. The minimum atomic E-state index is -0.157. The van der Waals surface area contributed by atoms with Crippen LogP contribution in [0.5, 0.6) is 0 Å². The van der Waals surface area contributed by atoms with E-state index in [4.69, 9.17) is 4.74 Å². The highest BCUT2D eigenvalue weighted by atomic mass is 19.1. The molecule has 0 aromatic heterocycles. The standard InChI is InChI=1S/C17H24FNO/c1-3-20-16-11-15(17(16)8-5-9-17)19-12(2)13-6-4-7-14(18)10-13/h4,6-7,10,12,15-16,19H,3,5,8-9,11H2,1-2H3/t12-,15?,16?/m1/s1. The predicted molar refractivity (Wildman–Crippen MR) is 78.1 cm³/mol. The van der Waals surface area contributed by atoms with Crippen molar-refractivity contribution in [3.63, 3.8) is 0 Å². The molecule has 2 saturated carbocycles. The first kappa shape index (κ1) is 14.0. The van der Waals surface area contributed by atoms with Gasteiger partial charge in [-0.1, -0.05) is 18.6 Å².